The van der Waals surface area contributed by atoms with Gasteiger partial charge in [-0.15, -0.1) is 0 Å². The van der Waals surface area contributed by atoms with Crippen LogP contribution in [0, 0.1) is 11.7 Å². The van der Waals surface area contributed by atoms with Crippen molar-refractivity contribution in [2.45, 2.75) is 38.1 Å². The van der Waals surface area contributed by atoms with Crippen LogP contribution in [-0.4, -0.2) is 43.4 Å². The molecule has 3 amide bonds. The fourth-order valence-electron chi connectivity index (χ4n) is 3.43. The highest BCUT2D eigenvalue weighted by atomic mass is 32.2. The zero-order chi connectivity index (χ0) is 23.6. The van der Waals surface area contributed by atoms with E-state index in [0.29, 0.717) is 29.3 Å². The summed E-state index contributed by atoms with van der Waals surface area (Å²) in [6.45, 7) is 2.26. The number of imide groups is 1. The van der Waals surface area contributed by atoms with Crippen LogP contribution in [-0.2, 0) is 27.1 Å². The number of ether oxygens (including phenoxy) is 1. The van der Waals surface area contributed by atoms with E-state index in [4.69, 9.17) is 4.74 Å². The first-order chi connectivity index (χ1) is 15.7. The van der Waals surface area contributed by atoms with E-state index in [1.807, 2.05) is 0 Å². The second-order valence-corrected chi connectivity index (χ2v) is 10.2. The molecule has 0 radical (unpaired) electrons. The van der Waals surface area contributed by atoms with E-state index in [0.717, 1.165) is 12.8 Å². The molecule has 33 heavy (non-hydrogen) atoms. The number of amides is 3. The minimum atomic E-state index is -3.72. The number of benzene rings is 1. The summed E-state index contributed by atoms with van der Waals surface area (Å²) in [6, 6.07) is 6.50. The van der Waals surface area contributed by atoms with Crippen molar-refractivity contribution in [3.63, 3.8) is 0 Å². The molecule has 0 bridgehead atoms. The Morgan fingerprint density at radius 3 is 2.70 bits per heavy atom. The molecule has 11 heteroatoms. The topological polar surface area (TPSA) is 118 Å². The number of nitrogens with one attached hydrogen (secondary N) is 2. The van der Waals surface area contributed by atoms with Crippen LogP contribution in [0.15, 0.2) is 36.5 Å². The highest BCUT2D eigenvalue weighted by Crippen LogP contribution is 2.31. The number of hydrogen-bond donors (Lipinski definition) is 2. The second-order valence-electron chi connectivity index (χ2n) is 8.41. The summed E-state index contributed by atoms with van der Waals surface area (Å²) in [5.74, 6) is -0.542. The third-order valence-corrected chi connectivity index (χ3v) is 6.87. The fraction of sp³-hybridized carbons (Fsp3) is 0.409. The van der Waals surface area contributed by atoms with Crippen LogP contribution < -0.4 is 14.8 Å². The Bertz CT molecular complexity index is 1150. The normalized spacial score (nSPS) is 17.2. The van der Waals surface area contributed by atoms with Gasteiger partial charge in [-0.2, -0.15) is 0 Å². The van der Waals surface area contributed by atoms with E-state index in [1.165, 1.54) is 29.3 Å². The number of pyridine rings is 1. The monoisotopic (exact) mass is 476 g/mol. The summed E-state index contributed by atoms with van der Waals surface area (Å²) in [7, 11) is -3.72. The number of sulfonamides is 1. The van der Waals surface area contributed by atoms with Gasteiger partial charge in [-0.05, 0) is 55.0 Å². The molecule has 0 spiro atoms. The highest BCUT2D eigenvalue weighted by molar-refractivity contribution is 7.88. The summed E-state index contributed by atoms with van der Waals surface area (Å²) in [5.41, 5.74) is 1.60. The molecule has 176 valence electrons. The van der Waals surface area contributed by atoms with Gasteiger partial charge in [0.25, 0.3) is 0 Å². The van der Waals surface area contributed by atoms with Crippen LogP contribution in [0.5, 0.6) is 5.75 Å². The fourth-order valence-corrected chi connectivity index (χ4v) is 4.80. The smallest absolute Gasteiger partial charge is 0.324 e. The summed E-state index contributed by atoms with van der Waals surface area (Å²) >= 11 is 0. The van der Waals surface area contributed by atoms with E-state index in [1.54, 1.807) is 19.1 Å². The summed E-state index contributed by atoms with van der Waals surface area (Å²) in [5, 5.41) is 2.19. The van der Waals surface area contributed by atoms with E-state index < -0.39 is 27.9 Å². The predicted molar refractivity (Wildman–Crippen MR) is 117 cm³/mol. The lowest BCUT2D eigenvalue weighted by molar-refractivity contribution is -0.118. The second kappa shape index (κ2) is 9.44. The average molecular weight is 477 g/mol. The molecule has 1 aromatic heterocycles. The van der Waals surface area contributed by atoms with Gasteiger partial charge in [0, 0.05) is 12.2 Å². The Kier molecular flexibility index (Phi) is 6.61. The zero-order valence-corrected chi connectivity index (χ0v) is 18.9. The van der Waals surface area contributed by atoms with Crippen molar-refractivity contribution < 1.29 is 27.1 Å². The Balaban J connectivity index is 1.35. The van der Waals surface area contributed by atoms with Gasteiger partial charge < -0.3 is 9.64 Å². The average Bonchev–Trinajstić information content (AvgIpc) is 3.52. The van der Waals surface area contributed by atoms with Gasteiger partial charge in [0.15, 0.2) is 11.6 Å². The number of halogens is 1. The first-order valence-electron chi connectivity index (χ1n) is 10.6. The first kappa shape index (κ1) is 23.1. The Labute approximate surface area is 191 Å². The standard InChI is InChI=1S/C22H25FN4O5S/c1-14(17-5-7-19(23)20(8-17)32-12-15-2-3-15)26-33(30,31)13-16-4-6-18(24-9-16)10-27-11-21(28)25-22(27)29/h4-9,14-15,26H,2-3,10-13H2,1H3,(H,25,28,29)/t14-/m1/s1. The minimum absolute atomic E-state index is 0.0326. The molecule has 1 saturated carbocycles. The third kappa shape index (κ3) is 6.26. The Hall–Kier alpha value is -3.05. The number of urea groups is 1. The van der Waals surface area contributed by atoms with Gasteiger partial charge in [-0.25, -0.2) is 22.3 Å². The van der Waals surface area contributed by atoms with E-state index in [9.17, 15) is 22.4 Å². The van der Waals surface area contributed by atoms with Crippen molar-refractivity contribution >= 4 is 22.0 Å². The Morgan fingerprint density at radius 1 is 1.27 bits per heavy atom. The van der Waals surface area contributed by atoms with E-state index >= 15 is 0 Å². The maximum absolute atomic E-state index is 14.0. The van der Waals surface area contributed by atoms with Gasteiger partial charge in [0.1, 0.15) is 6.54 Å². The highest BCUT2D eigenvalue weighted by Gasteiger charge is 2.27. The number of carbonyl (C=O) groups is 2. The lowest BCUT2D eigenvalue weighted by Crippen LogP contribution is -2.28. The van der Waals surface area contributed by atoms with Crippen LogP contribution in [0.3, 0.4) is 0 Å². The third-order valence-electron chi connectivity index (χ3n) is 5.45. The van der Waals surface area contributed by atoms with Gasteiger partial charge in [0.05, 0.1) is 24.6 Å². The van der Waals surface area contributed by atoms with Crippen LogP contribution in [0.1, 0.15) is 42.6 Å². The van der Waals surface area contributed by atoms with Crippen LogP contribution in [0.2, 0.25) is 0 Å². The Morgan fingerprint density at radius 2 is 2.06 bits per heavy atom. The molecule has 2 fully saturated rings. The van der Waals surface area contributed by atoms with Crippen molar-refractivity contribution in [1.29, 1.82) is 0 Å². The largest absolute Gasteiger partial charge is 0.490 e. The van der Waals surface area contributed by atoms with Crippen LogP contribution in [0.4, 0.5) is 9.18 Å². The molecule has 2 heterocycles. The molecular weight excluding hydrogens is 451 g/mol. The van der Waals surface area contributed by atoms with Gasteiger partial charge >= 0.3 is 6.03 Å². The zero-order valence-electron chi connectivity index (χ0n) is 18.1. The molecule has 4 rings (SSSR count). The molecule has 2 aliphatic rings. The maximum Gasteiger partial charge on any atom is 0.324 e. The molecule has 2 aromatic rings. The van der Waals surface area contributed by atoms with Crippen molar-refractivity contribution in [3.05, 3.63) is 59.2 Å². The van der Waals surface area contributed by atoms with Gasteiger partial charge in [-0.3, -0.25) is 15.1 Å². The molecule has 1 saturated heterocycles. The van der Waals surface area contributed by atoms with E-state index in [2.05, 4.69) is 15.0 Å². The SMILES string of the molecule is C[C@@H](NS(=O)(=O)Cc1ccc(CN2CC(=O)NC2=O)nc1)c1ccc(F)c(OCC2CC2)c1. The van der Waals surface area contributed by atoms with Crippen molar-refractivity contribution in [1.82, 2.24) is 19.9 Å². The van der Waals surface area contributed by atoms with Crippen LogP contribution in [0.25, 0.3) is 0 Å². The van der Waals surface area contributed by atoms with Crippen molar-refractivity contribution in [2.75, 3.05) is 13.2 Å². The van der Waals surface area contributed by atoms with E-state index in [-0.39, 0.29) is 30.5 Å². The lowest BCUT2D eigenvalue weighted by atomic mass is 10.1. The molecule has 1 aliphatic carbocycles. The minimum Gasteiger partial charge on any atom is -0.490 e. The molecule has 9 nitrogen and oxygen atoms in total. The number of carbonyl (C=O) groups excluding carboxylic acids is 2. The summed E-state index contributed by atoms with van der Waals surface area (Å²) in [6.07, 6.45) is 3.60. The molecule has 2 N–H and O–H groups in total. The van der Waals surface area contributed by atoms with Crippen LogP contribution >= 0.6 is 0 Å². The summed E-state index contributed by atoms with van der Waals surface area (Å²) < 4.78 is 47.5. The predicted octanol–water partition coefficient (Wildman–Crippen LogP) is 2.24. The number of hydrogen-bond acceptors (Lipinski definition) is 6. The van der Waals surface area contributed by atoms with Gasteiger partial charge in [-0.1, -0.05) is 12.1 Å². The van der Waals surface area contributed by atoms with Gasteiger partial charge in [0.2, 0.25) is 15.9 Å². The lowest BCUT2D eigenvalue weighted by Gasteiger charge is -2.16. The number of aromatic nitrogens is 1. The number of nitrogens with zero attached hydrogens (tertiary/aromatic N) is 2. The molecule has 1 aromatic carbocycles. The molecule has 1 atom stereocenters. The number of rotatable bonds is 10. The van der Waals surface area contributed by atoms with Crippen molar-refractivity contribution in [3.8, 4) is 5.75 Å². The summed E-state index contributed by atoms with van der Waals surface area (Å²) in [4.78, 5) is 28.4. The first-order valence-corrected chi connectivity index (χ1v) is 12.3. The molecule has 0 unspecified atom stereocenters. The maximum atomic E-state index is 14.0. The molecule has 1 aliphatic heterocycles. The van der Waals surface area contributed by atoms with Crippen molar-refractivity contribution in [2.24, 2.45) is 5.92 Å². The quantitative estimate of drug-likeness (QED) is 0.508. The molecular formula is C22H25FN4O5S.